The number of nitrogens with zero attached hydrogens (tertiary/aromatic N) is 5. The standard InChI is InChI=1S/C22H23N7.C2H4O/c1-29-10-4-5-15(14-29)22-26-18(17-12-23-13-19-16(17)7-9-24-19)11-21(28-22)27-20-6-2-3-8-25-20;1-2-3/h2-3,6-9,11-13,15,24H,4-5,10,14H2,1H3,(H,25,26,27,28);2H,1H3. The van der Waals surface area contributed by atoms with Gasteiger partial charge in [-0.05, 0) is 51.6 Å². The fourth-order valence-electron chi connectivity index (χ4n) is 3.98. The molecule has 5 heterocycles. The predicted octanol–water partition coefficient (Wildman–Crippen LogP) is 4.17. The Kier molecular flexibility index (Phi) is 6.81. The van der Waals surface area contributed by atoms with Crippen LogP contribution in [0.2, 0.25) is 0 Å². The van der Waals surface area contributed by atoms with Crippen LogP contribution in [0.3, 0.4) is 0 Å². The molecule has 0 amide bonds. The van der Waals surface area contributed by atoms with Gasteiger partial charge in [-0.2, -0.15) is 0 Å². The lowest BCUT2D eigenvalue weighted by atomic mass is 9.97. The highest BCUT2D eigenvalue weighted by molar-refractivity contribution is 5.93. The average molecular weight is 430 g/mol. The number of hydrogen-bond acceptors (Lipinski definition) is 7. The van der Waals surface area contributed by atoms with Crippen LogP contribution in [0.25, 0.3) is 22.2 Å². The highest BCUT2D eigenvalue weighted by Crippen LogP contribution is 2.31. The van der Waals surface area contributed by atoms with E-state index in [4.69, 9.17) is 14.8 Å². The molecule has 0 spiro atoms. The van der Waals surface area contributed by atoms with E-state index in [2.05, 4.69) is 38.3 Å². The maximum Gasteiger partial charge on any atom is 0.135 e. The molecular formula is C24H27N7O. The quantitative estimate of drug-likeness (QED) is 0.470. The number of aldehydes is 1. The summed E-state index contributed by atoms with van der Waals surface area (Å²) in [5.74, 6) is 2.71. The first-order valence-corrected chi connectivity index (χ1v) is 10.7. The summed E-state index contributed by atoms with van der Waals surface area (Å²) in [6, 6.07) is 9.84. The second-order valence-corrected chi connectivity index (χ2v) is 7.80. The van der Waals surface area contributed by atoms with E-state index in [0.29, 0.717) is 5.92 Å². The minimum Gasteiger partial charge on any atom is -0.360 e. The molecule has 164 valence electrons. The van der Waals surface area contributed by atoms with Crippen molar-refractivity contribution >= 4 is 28.8 Å². The molecule has 0 radical (unpaired) electrons. The first-order chi connectivity index (χ1) is 15.7. The number of rotatable bonds is 4. The van der Waals surface area contributed by atoms with Crippen molar-refractivity contribution in [3.05, 3.63) is 60.9 Å². The van der Waals surface area contributed by atoms with Crippen LogP contribution >= 0.6 is 0 Å². The zero-order valence-corrected chi connectivity index (χ0v) is 18.3. The zero-order valence-electron chi connectivity index (χ0n) is 18.3. The van der Waals surface area contributed by atoms with Crippen molar-refractivity contribution in [3.63, 3.8) is 0 Å². The fourth-order valence-corrected chi connectivity index (χ4v) is 3.98. The highest BCUT2D eigenvalue weighted by Gasteiger charge is 2.23. The third-order valence-electron chi connectivity index (χ3n) is 5.41. The van der Waals surface area contributed by atoms with Gasteiger partial charge in [-0.25, -0.2) is 15.0 Å². The van der Waals surface area contributed by atoms with Crippen LogP contribution in [-0.2, 0) is 4.79 Å². The molecule has 1 atom stereocenters. The third kappa shape index (κ3) is 4.97. The topological polar surface area (TPSA) is 99.7 Å². The lowest BCUT2D eigenvalue weighted by Gasteiger charge is -2.29. The number of anilines is 2. The van der Waals surface area contributed by atoms with Crippen molar-refractivity contribution < 1.29 is 4.79 Å². The van der Waals surface area contributed by atoms with Crippen LogP contribution in [-0.4, -0.2) is 56.2 Å². The number of carbonyl (C=O) groups is 1. The van der Waals surface area contributed by atoms with Gasteiger partial charge in [-0.1, -0.05) is 6.07 Å². The van der Waals surface area contributed by atoms with Gasteiger partial charge in [0.15, 0.2) is 0 Å². The molecule has 4 aromatic heterocycles. The van der Waals surface area contributed by atoms with Crippen molar-refractivity contribution in [2.75, 3.05) is 25.5 Å². The van der Waals surface area contributed by atoms with Gasteiger partial charge in [-0.15, -0.1) is 0 Å². The normalized spacial score (nSPS) is 16.2. The van der Waals surface area contributed by atoms with Crippen LogP contribution in [0.4, 0.5) is 11.6 Å². The van der Waals surface area contributed by atoms with Crippen molar-refractivity contribution in [2.45, 2.75) is 25.7 Å². The number of likely N-dealkylation sites (tertiary alicyclic amines) is 1. The summed E-state index contributed by atoms with van der Waals surface area (Å²) in [7, 11) is 2.16. The Morgan fingerprint density at radius 3 is 2.84 bits per heavy atom. The number of aromatic amines is 1. The van der Waals surface area contributed by atoms with Gasteiger partial charge >= 0.3 is 0 Å². The van der Waals surface area contributed by atoms with Gasteiger partial charge in [-0.3, -0.25) is 4.98 Å². The molecule has 32 heavy (non-hydrogen) atoms. The van der Waals surface area contributed by atoms with Gasteiger partial charge in [0.25, 0.3) is 0 Å². The molecule has 1 saturated heterocycles. The Morgan fingerprint density at radius 2 is 2.06 bits per heavy atom. The molecular weight excluding hydrogens is 402 g/mol. The summed E-state index contributed by atoms with van der Waals surface area (Å²) in [5, 5.41) is 4.45. The summed E-state index contributed by atoms with van der Waals surface area (Å²) in [5.41, 5.74) is 2.87. The average Bonchev–Trinajstić information content (AvgIpc) is 3.29. The van der Waals surface area contributed by atoms with Crippen LogP contribution in [0, 0.1) is 0 Å². The molecule has 1 unspecified atom stereocenters. The van der Waals surface area contributed by atoms with Gasteiger partial charge in [0.05, 0.1) is 17.4 Å². The first-order valence-electron chi connectivity index (χ1n) is 10.7. The van der Waals surface area contributed by atoms with Crippen LogP contribution < -0.4 is 5.32 Å². The SMILES string of the molecule is CC=O.CN1CCCC(c2nc(Nc3ccccn3)cc(-c3cncc4[nH]ccc34)n2)C1. The number of fused-ring (bicyclic) bond motifs is 1. The van der Waals surface area contributed by atoms with Crippen molar-refractivity contribution in [1.82, 2.24) is 29.8 Å². The van der Waals surface area contributed by atoms with E-state index in [0.717, 1.165) is 71.8 Å². The van der Waals surface area contributed by atoms with Crippen LogP contribution in [0.15, 0.2) is 55.1 Å². The summed E-state index contributed by atoms with van der Waals surface area (Å²) in [4.78, 5) is 33.0. The maximum absolute atomic E-state index is 8.81. The number of carbonyl (C=O) groups excluding carboxylic acids is 1. The second-order valence-electron chi connectivity index (χ2n) is 7.80. The Hall–Kier alpha value is -3.65. The van der Waals surface area contributed by atoms with E-state index in [1.54, 1.807) is 6.20 Å². The molecule has 1 fully saturated rings. The van der Waals surface area contributed by atoms with E-state index < -0.39 is 0 Å². The Balaban J connectivity index is 0.000000775. The maximum atomic E-state index is 8.81. The highest BCUT2D eigenvalue weighted by atomic mass is 16.1. The Labute approximate surface area is 187 Å². The molecule has 0 bridgehead atoms. The zero-order chi connectivity index (χ0) is 22.3. The summed E-state index contributed by atoms with van der Waals surface area (Å²) < 4.78 is 0. The number of pyridine rings is 2. The molecule has 1 aliphatic rings. The fraction of sp³-hybridized carbons (Fsp3) is 0.292. The smallest absolute Gasteiger partial charge is 0.135 e. The van der Waals surface area contributed by atoms with Gasteiger partial charge in [0.1, 0.15) is 23.7 Å². The molecule has 4 aromatic rings. The number of nitrogens with one attached hydrogen (secondary N) is 2. The Bertz CT molecular complexity index is 1180. The van der Waals surface area contributed by atoms with Crippen LogP contribution in [0.5, 0.6) is 0 Å². The lowest BCUT2D eigenvalue weighted by Crippen LogP contribution is -2.31. The van der Waals surface area contributed by atoms with E-state index in [1.807, 2.05) is 42.9 Å². The number of H-pyrrole nitrogens is 1. The van der Waals surface area contributed by atoms with Crippen molar-refractivity contribution in [2.24, 2.45) is 0 Å². The molecule has 8 nitrogen and oxygen atoms in total. The van der Waals surface area contributed by atoms with Gasteiger partial charge in [0.2, 0.25) is 0 Å². The monoisotopic (exact) mass is 429 g/mol. The minimum absolute atomic E-state index is 0.316. The molecule has 1 aliphatic heterocycles. The summed E-state index contributed by atoms with van der Waals surface area (Å²) >= 11 is 0. The molecule has 0 aromatic carbocycles. The molecule has 2 N–H and O–H groups in total. The van der Waals surface area contributed by atoms with E-state index in [9.17, 15) is 0 Å². The predicted molar refractivity (Wildman–Crippen MR) is 126 cm³/mol. The largest absolute Gasteiger partial charge is 0.360 e. The summed E-state index contributed by atoms with van der Waals surface area (Å²) in [6.45, 7) is 3.54. The van der Waals surface area contributed by atoms with E-state index >= 15 is 0 Å². The Morgan fingerprint density at radius 1 is 1.19 bits per heavy atom. The molecule has 0 aliphatic carbocycles. The minimum atomic E-state index is 0.316. The van der Waals surface area contributed by atoms with Gasteiger partial charge in [0, 0.05) is 48.1 Å². The second kappa shape index (κ2) is 10.1. The molecule has 8 heteroatoms. The van der Waals surface area contributed by atoms with Gasteiger partial charge < -0.3 is 20.0 Å². The van der Waals surface area contributed by atoms with Crippen molar-refractivity contribution in [3.8, 4) is 11.3 Å². The number of hydrogen-bond donors (Lipinski definition) is 2. The summed E-state index contributed by atoms with van der Waals surface area (Å²) in [6.07, 6.45) is 10.4. The van der Waals surface area contributed by atoms with Crippen molar-refractivity contribution in [1.29, 1.82) is 0 Å². The number of piperidine rings is 1. The molecule has 0 saturated carbocycles. The van der Waals surface area contributed by atoms with Crippen LogP contribution in [0.1, 0.15) is 31.5 Å². The molecule has 5 rings (SSSR count). The first kappa shape index (κ1) is 21.6. The third-order valence-corrected chi connectivity index (χ3v) is 5.41. The van der Waals surface area contributed by atoms with E-state index in [1.165, 1.54) is 6.92 Å². The van der Waals surface area contributed by atoms with E-state index in [-0.39, 0.29) is 0 Å². The number of likely N-dealkylation sites (N-methyl/N-ethyl adjacent to an activating group) is 1. The lowest BCUT2D eigenvalue weighted by molar-refractivity contribution is -0.106. The number of aromatic nitrogens is 5.